The van der Waals surface area contributed by atoms with Crippen molar-refractivity contribution in [1.82, 2.24) is 0 Å². The van der Waals surface area contributed by atoms with Crippen molar-refractivity contribution in [3.8, 4) is 0 Å². The largest absolute Gasteiger partial charge is 0.396 e. The number of hydrogen-bond acceptors (Lipinski definition) is 2. The average Bonchev–Trinajstić information content (AvgIpc) is 2.40. The van der Waals surface area contributed by atoms with Crippen molar-refractivity contribution >= 4 is 11.6 Å². The summed E-state index contributed by atoms with van der Waals surface area (Å²) < 4.78 is 0. The lowest BCUT2D eigenvalue weighted by Gasteiger charge is -2.29. The lowest BCUT2D eigenvalue weighted by molar-refractivity contribution is -0.123. The van der Waals surface area contributed by atoms with Crippen LogP contribution in [0.1, 0.15) is 25.7 Å². The van der Waals surface area contributed by atoms with Gasteiger partial charge >= 0.3 is 0 Å². The molecule has 1 aliphatic rings. The smallest absolute Gasteiger partial charge is 0.227 e. The predicted octanol–water partition coefficient (Wildman–Crippen LogP) is 2.42. The maximum absolute atomic E-state index is 12.1. The number of rotatable bonds is 3. The van der Waals surface area contributed by atoms with Gasteiger partial charge in [-0.15, -0.1) is 0 Å². The second kappa shape index (κ2) is 5.82. The molecule has 2 rings (SSSR count). The number of carbonyl (C=O) groups is 1. The normalized spacial score (nSPS) is 24.3. The molecule has 2 N–H and O–H groups in total. The summed E-state index contributed by atoms with van der Waals surface area (Å²) in [5, 5.41) is 12.2. The second-order valence-corrected chi connectivity index (χ2v) is 4.69. The van der Waals surface area contributed by atoms with Crippen LogP contribution in [0.15, 0.2) is 30.3 Å². The van der Waals surface area contributed by atoms with Crippen LogP contribution in [0.25, 0.3) is 0 Å². The molecular weight excluding hydrogens is 214 g/mol. The summed E-state index contributed by atoms with van der Waals surface area (Å²) in [5.41, 5.74) is 0.833. The fourth-order valence-electron chi connectivity index (χ4n) is 2.53. The molecular formula is C14H19NO2. The SMILES string of the molecule is O=C(Nc1ccccc1)[C@@H]1CCCC[C@H]1CO. The summed E-state index contributed by atoms with van der Waals surface area (Å²) in [6.07, 6.45) is 4.07. The van der Waals surface area contributed by atoms with Crippen molar-refractivity contribution < 1.29 is 9.90 Å². The van der Waals surface area contributed by atoms with Crippen LogP contribution in [0, 0.1) is 11.8 Å². The minimum atomic E-state index is -0.0334. The first-order chi connectivity index (χ1) is 8.31. The van der Waals surface area contributed by atoms with Gasteiger partial charge in [-0.1, -0.05) is 31.0 Å². The van der Waals surface area contributed by atoms with E-state index < -0.39 is 0 Å². The number of nitrogens with one attached hydrogen (secondary N) is 1. The van der Waals surface area contributed by atoms with Crippen molar-refractivity contribution in [2.75, 3.05) is 11.9 Å². The number of para-hydroxylation sites is 1. The molecule has 92 valence electrons. The molecule has 0 heterocycles. The van der Waals surface area contributed by atoms with Crippen molar-refractivity contribution in [1.29, 1.82) is 0 Å². The Morgan fingerprint density at radius 3 is 2.65 bits per heavy atom. The van der Waals surface area contributed by atoms with Gasteiger partial charge in [0.1, 0.15) is 0 Å². The van der Waals surface area contributed by atoms with E-state index in [-0.39, 0.29) is 24.3 Å². The molecule has 1 saturated carbocycles. The van der Waals surface area contributed by atoms with Crippen molar-refractivity contribution in [3.63, 3.8) is 0 Å². The summed E-state index contributed by atoms with van der Waals surface area (Å²) in [7, 11) is 0. The molecule has 3 nitrogen and oxygen atoms in total. The standard InChI is InChI=1S/C14H19NO2/c16-10-11-6-4-5-9-13(11)14(17)15-12-7-2-1-3-8-12/h1-3,7-8,11,13,16H,4-6,9-10H2,(H,15,17)/t11-,13+/m0/s1. The van der Waals surface area contributed by atoms with Gasteiger partial charge in [0.2, 0.25) is 5.91 Å². The zero-order valence-electron chi connectivity index (χ0n) is 9.93. The van der Waals surface area contributed by atoms with Crippen LogP contribution in [0.3, 0.4) is 0 Å². The van der Waals surface area contributed by atoms with Gasteiger partial charge in [-0.3, -0.25) is 4.79 Å². The molecule has 0 unspecified atom stereocenters. The molecule has 17 heavy (non-hydrogen) atoms. The van der Waals surface area contributed by atoms with Crippen molar-refractivity contribution in [2.45, 2.75) is 25.7 Å². The van der Waals surface area contributed by atoms with Gasteiger partial charge in [0.25, 0.3) is 0 Å². The Hall–Kier alpha value is -1.35. The van der Waals surface area contributed by atoms with Crippen LogP contribution < -0.4 is 5.32 Å². The van der Waals surface area contributed by atoms with E-state index in [0.29, 0.717) is 0 Å². The van der Waals surface area contributed by atoms with E-state index in [1.807, 2.05) is 30.3 Å². The Balaban J connectivity index is 1.99. The van der Waals surface area contributed by atoms with Gasteiger partial charge in [-0.2, -0.15) is 0 Å². The van der Waals surface area contributed by atoms with Crippen LogP contribution in [0.4, 0.5) is 5.69 Å². The topological polar surface area (TPSA) is 49.3 Å². The fourth-order valence-corrected chi connectivity index (χ4v) is 2.53. The molecule has 0 aromatic heterocycles. The third kappa shape index (κ3) is 3.07. The van der Waals surface area contributed by atoms with Crippen LogP contribution in [-0.4, -0.2) is 17.6 Å². The van der Waals surface area contributed by atoms with E-state index in [0.717, 1.165) is 31.4 Å². The summed E-state index contributed by atoms with van der Waals surface area (Å²) in [6, 6.07) is 9.50. The number of aliphatic hydroxyl groups is 1. The summed E-state index contributed by atoms with van der Waals surface area (Å²) in [4.78, 5) is 12.1. The molecule has 1 fully saturated rings. The molecule has 1 aliphatic carbocycles. The minimum Gasteiger partial charge on any atom is -0.396 e. The van der Waals surface area contributed by atoms with E-state index in [2.05, 4.69) is 5.32 Å². The van der Waals surface area contributed by atoms with Gasteiger partial charge < -0.3 is 10.4 Å². The number of aliphatic hydroxyl groups excluding tert-OH is 1. The summed E-state index contributed by atoms with van der Waals surface area (Å²) in [6.45, 7) is 0.118. The summed E-state index contributed by atoms with van der Waals surface area (Å²) in [5.74, 6) is 0.149. The zero-order valence-corrected chi connectivity index (χ0v) is 9.93. The first-order valence-electron chi connectivity index (χ1n) is 6.28. The van der Waals surface area contributed by atoms with Crippen molar-refractivity contribution in [2.24, 2.45) is 11.8 Å². The van der Waals surface area contributed by atoms with E-state index in [1.165, 1.54) is 0 Å². The van der Waals surface area contributed by atoms with E-state index in [4.69, 9.17) is 0 Å². The van der Waals surface area contributed by atoms with Gasteiger partial charge in [0.05, 0.1) is 0 Å². The third-order valence-electron chi connectivity index (χ3n) is 3.52. The van der Waals surface area contributed by atoms with Crippen LogP contribution in [0.2, 0.25) is 0 Å². The Bertz CT molecular complexity index is 364. The highest BCUT2D eigenvalue weighted by Crippen LogP contribution is 2.30. The molecule has 1 aromatic carbocycles. The number of amides is 1. The monoisotopic (exact) mass is 233 g/mol. The quantitative estimate of drug-likeness (QED) is 0.842. The molecule has 0 bridgehead atoms. The molecule has 0 aliphatic heterocycles. The lowest BCUT2D eigenvalue weighted by Crippen LogP contribution is -2.33. The molecule has 1 aromatic rings. The van der Waals surface area contributed by atoms with E-state index in [9.17, 15) is 9.90 Å². The molecule has 0 saturated heterocycles. The van der Waals surface area contributed by atoms with E-state index >= 15 is 0 Å². The predicted molar refractivity (Wildman–Crippen MR) is 67.6 cm³/mol. The van der Waals surface area contributed by atoms with Gasteiger partial charge in [0, 0.05) is 18.2 Å². The fraction of sp³-hybridized carbons (Fsp3) is 0.500. The van der Waals surface area contributed by atoms with Crippen LogP contribution in [-0.2, 0) is 4.79 Å². The first-order valence-corrected chi connectivity index (χ1v) is 6.28. The Morgan fingerprint density at radius 2 is 1.94 bits per heavy atom. The van der Waals surface area contributed by atoms with Crippen LogP contribution >= 0.6 is 0 Å². The molecule has 3 heteroatoms. The van der Waals surface area contributed by atoms with Gasteiger partial charge in [-0.05, 0) is 30.9 Å². The Labute approximate surface area is 102 Å². The highest BCUT2D eigenvalue weighted by atomic mass is 16.3. The maximum Gasteiger partial charge on any atom is 0.227 e. The third-order valence-corrected chi connectivity index (χ3v) is 3.52. The van der Waals surface area contributed by atoms with Gasteiger partial charge in [0.15, 0.2) is 0 Å². The highest BCUT2D eigenvalue weighted by Gasteiger charge is 2.30. The molecule has 1 amide bonds. The molecule has 0 spiro atoms. The number of carbonyl (C=O) groups excluding carboxylic acids is 1. The van der Waals surface area contributed by atoms with E-state index in [1.54, 1.807) is 0 Å². The maximum atomic E-state index is 12.1. The first kappa shape index (κ1) is 12.1. The molecule has 2 atom stereocenters. The number of hydrogen-bond donors (Lipinski definition) is 2. The minimum absolute atomic E-state index is 0.0334. The van der Waals surface area contributed by atoms with Crippen molar-refractivity contribution in [3.05, 3.63) is 30.3 Å². The highest BCUT2D eigenvalue weighted by molar-refractivity contribution is 5.92. The van der Waals surface area contributed by atoms with Crippen LogP contribution in [0.5, 0.6) is 0 Å². The molecule has 0 radical (unpaired) electrons. The second-order valence-electron chi connectivity index (χ2n) is 4.69. The number of anilines is 1. The zero-order chi connectivity index (χ0) is 12.1. The van der Waals surface area contributed by atoms with Gasteiger partial charge in [-0.25, -0.2) is 0 Å². The average molecular weight is 233 g/mol. The Morgan fingerprint density at radius 1 is 1.24 bits per heavy atom. The Kier molecular flexibility index (Phi) is 4.15. The lowest BCUT2D eigenvalue weighted by atomic mass is 9.79. The summed E-state index contributed by atoms with van der Waals surface area (Å²) >= 11 is 0. The number of benzene rings is 1.